The molecule has 0 N–H and O–H groups in total. The molecule has 7 heteroatoms. The number of carbonyl (C=O) groups is 2. The van der Waals surface area contributed by atoms with E-state index >= 15 is 0 Å². The zero-order chi connectivity index (χ0) is 18.0. The third kappa shape index (κ3) is 3.97. The molecule has 2 heterocycles. The highest BCUT2D eigenvalue weighted by Gasteiger charge is 2.43. The average molecular weight is 367 g/mol. The second kappa shape index (κ2) is 7.32. The van der Waals surface area contributed by atoms with Gasteiger partial charge in [0.1, 0.15) is 12.2 Å². The van der Waals surface area contributed by atoms with Crippen LogP contribution in [0.4, 0.5) is 0 Å². The fraction of sp³-hybridized carbons (Fsp3) is 0.556. The van der Waals surface area contributed by atoms with Crippen LogP contribution < -0.4 is 0 Å². The summed E-state index contributed by atoms with van der Waals surface area (Å²) in [5, 5.41) is 0.531. The van der Waals surface area contributed by atoms with Gasteiger partial charge in [0, 0.05) is 23.2 Å². The summed E-state index contributed by atoms with van der Waals surface area (Å²) >= 11 is 6.00. The lowest BCUT2D eigenvalue weighted by atomic mass is 10.00. The van der Waals surface area contributed by atoms with E-state index in [1.807, 2.05) is 13.8 Å². The summed E-state index contributed by atoms with van der Waals surface area (Å²) < 4.78 is 11.6. The van der Waals surface area contributed by atoms with Crippen molar-refractivity contribution in [1.82, 2.24) is 9.80 Å². The number of nitrogens with zero attached hydrogens (tertiary/aromatic N) is 2. The fourth-order valence-corrected chi connectivity index (χ4v) is 3.52. The van der Waals surface area contributed by atoms with Crippen molar-refractivity contribution in [3.63, 3.8) is 0 Å². The lowest BCUT2D eigenvalue weighted by Crippen LogP contribution is -2.60. The van der Waals surface area contributed by atoms with Crippen molar-refractivity contribution in [1.29, 1.82) is 0 Å². The van der Waals surface area contributed by atoms with E-state index in [9.17, 15) is 9.59 Å². The monoisotopic (exact) mass is 366 g/mol. The number of amides is 2. The molecule has 0 aromatic heterocycles. The first-order valence-electron chi connectivity index (χ1n) is 8.46. The van der Waals surface area contributed by atoms with E-state index < -0.39 is 5.60 Å². The number of carbonyl (C=O) groups excluding carboxylic acids is 2. The molecule has 1 aromatic carbocycles. The Morgan fingerprint density at radius 2 is 2.12 bits per heavy atom. The Morgan fingerprint density at radius 1 is 1.32 bits per heavy atom. The van der Waals surface area contributed by atoms with E-state index in [1.54, 1.807) is 34.1 Å². The Balaban J connectivity index is 1.79. The highest BCUT2D eigenvalue weighted by Crippen LogP contribution is 2.25. The standard InChI is InChI=1S/C18H23ClN2O4/c1-13(2)21-11-18(12-24-9-16(21)22)10-20(6-7-25-18)17(23)14-4-3-5-15(19)8-14/h3-5,8,13H,6-7,9-12H2,1-2H3. The molecule has 1 atom stereocenters. The Morgan fingerprint density at radius 3 is 2.84 bits per heavy atom. The fourth-order valence-electron chi connectivity index (χ4n) is 3.33. The summed E-state index contributed by atoms with van der Waals surface area (Å²) in [6.07, 6.45) is 0. The second-order valence-electron chi connectivity index (χ2n) is 6.88. The van der Waals surface area contributed by atoms with E-state index in [0.29, 0.717) is 43.4 Å². The van der Waals surface area contributed by atoms with Crippen LogP contribution in [-0.4, -0.2) is 72.7 Å². The second-order valence-corrected chi connectivity index (χ2v) is 7.31. The van der Waals surface area contributed by atoms with Gasteiger partial charge in [0.2, 0.25) is 5.91 Å². The Labute approximate surface area is 152 Å². The molecule has 6 nitrogen and oxygen atoms in total. The van der Waals surface area contributed by atoms with Gasteiger partial charge in [0.25, 0.3) is 5.91 Å². The summed E-state index contributed by atoms with van der Waals surface area (Å²) in [5.41, 5.74) is -0.140. The molecule has 2 saturated heterocycles. The van der Waals surface area contributed by atoms with Crippen molar-refractivity contribution in [2.24, 2.45) is 0 Å². The molecule has 25 heavy (non-hydrogen) atoms. The molecule has 1 spiro atoms. The van der Waals surface area contributed by atoms with Gasteiger partial charge in [-0.2, -0.15) is 0 Å². The Kier molecular flexibility index (Phi) is 5.32. The molecule has 3 rings (SSSR count). The van der Waals surface area contributed by atoms with Gasteiger partial charge in [-0.05, 0) is 32.0 Å². The van der Waals surface area contributed by atoms with Gasteiger partial charge < -0.3 is 19.3 Å². The molecular formula is C18H23ClN2O4. The Bertz CT molecular complexity index is 666. The normalized spacial score (nSPS) is 24.7. The molecule has 1 aromatic rings. The molecule has 0 saturated carbocycles. The number of rotatable bonds is 2. The van der Waals surface area contributed by atoms with Crippen LogP contribution in [0, 0.1) is 0 Å². The highest BCUT2D eigenvalue weighted by atomic mass is 35.5. The van der Waals surface area contributed by atoms with Crippen LogP contribution in [0.1, 0.15) is 24.2 Å². The molecule has 0 aliphatic carbocycles. The van der Waals surface area contributed by atoms with Crippen LogP contribution in [0.15, 0.2) is 24.3 Å². The van der Waals surface area contributed by atoms with Gasteiger partial charge in [0.15, 0.2) is 0 Å². The third-order valence-corrected chi connectivity index (χ3v) is 4.84. The molecule has 0 bridgehead atoms. The molecule has 2 fully saturated rings. The van der Waals surface area contributed by atoms with Crippen molar-refractivity contribution in [3.05, 3.63) is 34.9 Å². The summed E-state index contributed by atoms with van der Waals surface area (Å²) in [5.74, 6) is -0.134. The van der Waals surface area contributed by atoms with Crippen molar-refractivity contribution in [3.8, 4) is 0 Å². The predicted octanol–water partition coefficient (Wildman–Crippen LogP) is 1.82. The van der Waals surface area contributed by atoms with E-state index in [2.05, 4.69) is 0 Å². The van der Waals surface area contributed by atoms with E-state index in [-0.39, 0.29) is 24.5 Å². The summed E-state index contributed by atoms with van der Waals surface area (Å²) in [6.45, 7) is 5.99. The number of morpholine rings is 1. The number of ether oxygens (including phenoxy) is 2. The minimum absolute atomic E-state index is 0.0472. The van der Waals surface area contributed by atoms with Crippen LogP contribution in [0.2, 0.25) is 5.02 Å². The highest BCUT2D eigenvalue weighted by molar-refractivity contribution is 6.30. The smallest absolute Gasteiger partial charge is 0.254 e. The molecule has 136 valence electrons. The SMILES string of the molecule is CC(C)N1CC2(COCC1=O)CN(C(=O)c1cccc(Cl)c1)CCO2. The van der Waals surface area contributed by atoms with Crippen LogP contribution in [-0.2, 0) is 14.3 Å². The number of hydrogen-bond acceptors (Lipinski definition) is 4. The Hall–Kier alpha value is -1.63. The maximum Gasteiger partial charge on any atom is 0.254 e. The zero-order valence-corrected chi connectivity index (χ0v) is 15.3. The number of hydrogen-bond donors (Lipinski definition) is 0. The van der Waals surface area contributed by atoms with Crippen molar-refractivity contribution < 1.29 is 19.1 Å². The van der Waals surface area contributed by atoms with Crippen molar-refractivity contribution >= 4 is 23.4 Å². The van der Waals surface area contributed by atoms with Gasteiger partial charge in [-0.1, -0.05) is 17.7 Å². The van der Waals surface area contributed by atoms with Crippen LogP contribution >= 0.6 is 11.6 Å². The molecule has 2 amide bonds. The molecule has 2 aliphatic heterocycles. The maximum atomic E-state index is 12.8. The molecule has 2 aliphatic rings. The molecule has 1 unspecified atom stereocenters. The number of benzene rings is 1. The van der Waals surface area contributed by atoms with Gasteiger partial charge in [-0.25, -0.2) is 0 Å². The van der Waals surface area contributed by atoms with Crippen LogP contribution in [0.5, 0.6) is 0 Å². The topological polar surface area (TPSA) is 59.1 Å². The van der Waals surface area contributed by atoms with Crippen LogP contribution in [0.3, 0.4) is 0 Å². The largest absolute Gasteiger partial charge is 0.368 e. The van der Waals surface area contributed by atoms with Gasteiger partial charge in [-0.15, -0.1) is 0 Å². The maximum absolute atomic E-state index is 12.8. The van der Waals surface area contributed by atoms with Gasteiger partial charge in [0.05, 0.1) is 26.3 Å². The van der Waals surface area contributed by atoms with E-state index in [1.165, 1.54) is 0 Å². The molecule has 0 radical (unpaired) electrons. The first-order chi connectivity index (χ1) is 11.9. The minimum atomic E-state index is -0.692. The summed E-state index contributed by atoms with van der Waals surface area (Å²) in [4.78, 5) is 28.6. The lowest BCUT2D eigenvalue weighted by Gasteiger charge is -2.44. The first-order valence-corrected chi connectivity index (χ1v) is 8.84. The summed E-state index contributed by atoms with van der Waals surface area (Å²) in [6, 6.07) is 6.97. The zero-order valence-electron chi connectivity index (χ0n) is 14.5. The summed E-state index contributed by atoms with van der Waals surface area (Å²) in [7, 11) is 0. The molecular weight excluding hydrogens is 344 g/mol. The first kappa shape index (κ1) is 18.2. The van der Waals surface area contributed by atoms with Gasteiger partial charge in [-0.3, -0.25) is 9.59 Å². The third-order valence-electron chi connectivity index (χ3n) is 4.60. The van der Waals surface area contributed by atoms with Crippen LogP contribution in [0.25, 0.3) is 0 Å². The number of halogens is 1. The van der Waals surface area contributed by atoms with Crippen molar-refractivity contribution in [2.75, 3.05) is 39.5 Å². The lowest BCUT2D eigenvalue weighted by molar-refractivity contribution is -0.140. The predicted molar refractivity (Wildman–Crippen MR) is 93.7 cm³/mol. The van der Waals surface area contributed by atoms with Gasteiger partial charge >= 0.3 is 0 Å². The quantitative estimate of drug-likeness (QED) is 0.801. The van der Waals surface area contributed by atoms with E-state index in [4.69, 9.17) is 21.1 Å². The van der Waals surface area contributed by atoms with Crippen molar-refractivity contribution in [2.45, 2.75) is 25.5 Å². The average Bonchev–Trinajstić information content (AvgIpc) is 2.74. The van der Waals surface area contributed by atoms with E-state index in [0.717, 1.165) is 0 Å². The minimum Gasteiger partial charge on any atom is -0.368 e.